The van der Waals surface area contributed by atoms with E-state index < -0.39 is 0 Å². The maximum atomic E-state index is 9.77. The zero-order chi connectivity index (χ0) is 9.90. The number of aliphatic hydroxyl groups excluding tert-OH is 1. The van der Waals surface area contributed by atoms with Crippen LogP contribution in [0.3, 0.4) is 0 Å². The molecule has 0 aromatic carbocycles. The van der Waals surface area contributed by atoms with Crippen LogP contribution in [0.25, 0.3) is 0 Å². The third kappa shape index (κ3) is 4.12. The third-order valence-corrected chi connectivity index (χ3v) is 3.13. The zero-order valence-electron chi connectivity index (χ0n) is 9.34. The van der Waals surface area contributed by atoms with Gasteiger partial charge in [-0.05, 0) is 37.0 Å². The molecule has 1 aliphatic carbocycles. The summed E-state index contributed by atoms with van der Waals surface area (Å²) >= 11 is 0. The second-order valence-corrected chi connectivity index (χ2v) is 5.71. The third-order valence-electron chi connectivity index (χ3n) is 3.13. The molecule has 1 rings (SSSR count). The van der Waals surface area contributed by atoms with Crippen molar-refractivity contribution in [2.75, 3.05) is 0 Å². The SMILES string of the molecule is CC(C)(C)CCC1CCCCC1O. The van der Waals surface area contributed by atoms with Crippen LogP contribution < -0.4 is 0 Å². The molecule has 0 aromatic heterocycles. The van der Waals surface area contributed by atoms with Crippen molar-refractivity contribution in [3.63, 3.8) is 0 Å². The zero-order valence-corrected chi connectivity index (χ0v) is 9.34. The largest absolute Gasteiger partial charge is 0.393 e. The normalized spacial score (nSPS) is 30.5. The quantitative estimate of drug-likeness (QED) is 0.697. The summed E-state index contributed by atoms with van der Waals surface area (Å²) in [6.45, 7) is 6.84. The first-order valence-electron chi connectivity index (χ1n) is 5.67. The second-order valence-electron chi connectivity index (χ2n) is 5.71. The molecule has 0 amide bonds. The van der Waals surface area contributed by atoms with E-state index >= 15 is 0 Å². The monoisotopic (exact) mass is 184 g/mol. The van der Waals surface area contributed by atoms with Crippen molar-refractivity contribution in [1.29, 1.82) is 0 Å². The molecular weight excluding hydrogens is 160 g/mol. The van der Waals surface area contributed by atoms with Crippen LogP contribution >= 0.6 is 0 Å². The van der Waals surface area contributed by atoms with Gasteiger partial charge in [0.05, 0.1) is 6.10 Å². The molecule has 1 heteroatoms. The van der Waals surface area contributed by atoms with Crippen molar-refractivity contribution >= 4 is 0 Å². The highest BCUT2D eigenvalue weighted by Gasteiger charge is 2.24. The molecule has 78 valence electrons. The lowest BCUT2D eigenvalue weighted by Crippen LogP contribution is -2.25. The van der Waals surface area contributed by atoms with Crippen molar-refractivity contribution in [3.8, 4) is 0 Å². The fourth-order valence-corrected chi connectivity index (χ4v) is 2.14. The van der Waals surface area contributed by atoms with E-state index in [1.54, 1.807) is 0 Å². The van der Waals surface area contributed by atoms with Gasteiger partial charge < -0.3 is 5.11 Å². The Hall–Kier alpha value is -0.0400. The van der Waals surface area contributed by atoms with Crippen LogP contribution in [0.2, 0.25) is 0 Å². The van der Waals surface area contributed by atoms with E-state index in [2.05, 4.69) is 20.8 Å². The maximum absolute atomic E-state index is 9.77. The van der Waals surface area contributed by atoms with Gasteiger partial charge >= 0.3 is 0 Å². The van der Waals surface area contributed by atoms with Gasteiger partial charge in [-0.2, -0.15) is 0 Å². The van der Waals surface area contributed by atoms with E-state index in [0.717, 1.165) is 6.42 Å². The highest BCUT2D eigenvalue weighted by Crippen LogP contribution is 2.32. The molecule has 2 unspecified atom stereocenters. The molecule has 2 atom stereocenters. The molecule has 0 saturated heterocycles. The molecule has 1 nitrogen and oxygen atoms in total. The average Bonchev–Trinajstić information content (AvgIpc) is 2.01. The number of rotatable bonds is 2. The van der Waals surface area contributed by atoms with Gasteiger partial charge in [0.15, 0.2) is 0 Å². The van der Waals surface area contributed by atoms with Crippen LogP contribution in [0, 0.1) is 11.3 Å². The number of aliphatic hydroxyl groups is 1. The van der Waals surface area contributed by atoms with E-state index in [9.17, 15) is 5.11 Å². The van der Waals surface area contributed by atoms with Gasteiger partial charge in [0.1, 0.15) is 0 Å². The standard InChI is InChI=1S/C12H24O/c1-12(2,3)9-8-10-6-4-5-7-11(10)13/h10-11,13H,4-9H2,1-3H3. The van der Waals surface area contributed by atoms with Crippen LogP contribution in [0.1, 0.15) is 59.3 Å². The predicted octanol–water partition coefficient (Wildman–Crippen LogP) is 3.36. The topological polar surface area (TPSA) is 20.2 Å². The van der Waals surface area contributed by atoms with Gasteiger partial charge in [-0.3, -0.25) is 0 Å². The first-order chi connectivity index (χ1) is 5.99. The molecule has 1 saturated carbocycles. The maximum Gasteiger partial charge on any atom is 0.0568 e. The Morgan fingerprint density at radius 1 is 1.15 bits per heavy atom. The van der Waals surface area contributed by atoms with Crippen molar-refractivity contribution < 1.29 is 5.11 Å². The van der Waals surface area contributed by atoms with Crippen LogP contribution in [-0.4, -0.2) is 11.2 Å². The van der Waals surface area contributed by atoms with Crippen LogP contribution in [-0.2, 0) is 0 Å². The minimum Gasteiger partial charge on any atom is -0.393 e. The molecule has 0 heterocycles. The van der Waals surface area contributed by atoms with E-state index in [1.165, 1.54) is 32.1 Å². The van der Waals surface area contributed by atoms with Gasteiger partial charge in [-0.15, -0.1) is 0 Å². The van der Waals surface area contributed by atoms with Gasteiger partial charge in [0.25, 0.3) is 0 Å². The highest BCUT2D eigenvalue weighted by molar-refractivity contribution is 4.76. The van der Waals surface area contributed by atoms with E-state index in [1.807, 2.05) is 0 Å². The van der Waals surface area contributed by atoms with Crippen molar-refractivity contribution in [2.24, 2.45) is 11.3 Å². The Kier molecular flexibility index (Phi) is 3.78. The van der Waals surface area contributed by atoms with Gasteiger partial charge in [-0.1, -0.05) is 33.6 Å². The van der Waals surface area contributed by atoms with Crippen molar-refractivity contribution in [2.45, 2.75) is 65.4 Å². The molecule has 0 aliphatic heterocycles. The Bertz CT molecular complexity index is 146. The van der Waals surface area contributed by atoms with Crippen molar-refractivity contribution in [1.82, 2.24) is 0 Å². The molecular formula is C12H24O. The smallest absolute Gasteiger partial charge is 0.0568 e. The van der Waals surface area contributed by atoms with Gasteiger partial charge in [0.2, 0.25) is 0 Å². The molecule has 13 heavy (non-hydrogen) atoms. The lowest BCUT2D eigenvalue weighted by atomic mass is 9.79. The van der Waals surface area contributed by atoms with E-state index in [4.69, 9.17) is 0 Å². The summed E-state index contributed by atoms with van der Waals surface area (Å²) in [5.41, 5.74) is 0.428. The fraction of sp³-hybridized carbons (Fsp3) is 1.00. The summed E-state index contributed by atoms with van der Waals surface area (Å²) in [4.78, 5) is 0. The van der Waals surface area contributed by atoms with E-state index in [0.29, 0.717) is 11.3 Å². The summed E-state index contributed by atoms with van der Waals surface area (Å²) in [5, 5.41) is 9.77. The minimum atomic E-state index is -0.00361. The molecule has 1 N–H and O–H groups in total. The lowest BCUT2D eigenvalue weighted by Gasteiger charge is -2.30. The summed E-state index contributed by atoms with van der Waals surface area (Å²) in [7, 11) is 0. The Labute approximate surface area is 82.5 Å². The van der Waals surface area contributed by atoms with Gasteiger partial charge in [-0.25, -0.2) is 0 Å². The Morgan fingerprint density at radius 2 is 1.77 bits per heavy atom. The summed E-state index contributed by atoms with van der Waals surface area (Å²) in [6, 6.07) is 0. The Balaban J connectivity index is 2.27. The number of hydrogen-bond acceptors (Lipinski definition) is 1. The Morgan fingerprint density at radius 3 is 2.31 bits per heavy atom. The fourth-order valence-electron chi connectivity index (χ4n) is 2.14. The predicted molar refractivity (Wildman–Crippen MR) is 56.7 cm³/mol. The summed E-state index contributed by atoms with van der Waals surface area (Å²) in [5.74, 6) is 0.591. The molecule has 1 aliphatic rings. The summed E-state index contributed by atoms with van der Waals surface area (Å²) < 4.78 is 0. The second kappa shape index (κ2) is 4.45. The minimum absolute atomic E-state index is 0.00361. The summed E-state index contributed by atoms with van der Waals surface area (Å²) in [6.07, 6.45) is 7.29. The number of hydrogen-bond donors (Lipinski definition) is 1. The van der Waals surface area contributed by atoms with Crippen LogP contribution in [0.4, 0.5) is 0 Å². The van der Waals surface area contributed by atoms with Crippen LogP contribution in [0.15, 0.2) is 0 Å². The van der Waals surface area contributed by atoms with Gasteiger partial charge in [0, 0.05) is 0 Å². The van der Waals surface area contributed by atoms with Crippen molar-refractivity contribution in [3.05, 3.63) is 0 Å². The van der Waals surface area contributed by atoms with E-state index in [-0.39, 0.29) is 6.10 Å². The van der Waals surface area contributed by atoms with Crippen LogP contribution in [0.5, 0.6) is 0 Å². The molecule has 1 fully saturated rings. The molecule has 0 aromatic rings. The molecule has 0 radical (unpaired) electrons. The first-order valence-corrected chi connectivity index (χ1v) is 5.67. The first kappa shape index (κ1) is 11.0. The lowest BCUT2D eigenvalue weighted by molar-refractivity contribution is 0.0591. The highest BCUT2D eigenvalue weighted by atomic mass is 16.3. The molecule has 0 spiro atoms. The average molecular weight is 184 g/mol. The molecule has 0 bridgehead atoms.